The molecule has 1 aromatic carbocycles. The third kappa shape index (κ3) is 4.16. The molecule has 0 spiro atoms. The Balaban J connectivity index is 1.32. The molecule has 3 heterocycles. The number of thioether (sulfide) groups is 1. The van der Waals surface area contributed by atoms with Crippen molar-refractivity contribution in [1.29, 1.82) is 0 Å². The number of carbonyl (C=O) groups is 1. The van der Waals surface area contributed by atoms with Crippen molar-refractivity contribution in [3.05, 3.63) is 60.3 Å². The van der Waals surface area contributed by atoms with Gasteiger partial charge >= 0.3 is 0 Å². The predicted molar refractivity (Wildman–Crippen MR) is 108 cm³/mol. The summed E-state index contributed by atoms with van der Waals surface area (Å²) in [7, 11) is 0. The third-order valence-corrected chi connectivity index (χ3v) is 6.25. The molecule has 0 radical (unpaired) electrons. The summed E-state index contributed by atoms with van der Waals surface area (Å²) in [6.07, 6.45) is 5.20. The van der Waals surface area contributed by atoms with E-state index in [1.165, 1.54) is 17.3 Å². The van der Waals surface area contributed by atoms with E-state index in [4.69, 9.17) is 0 Å². The van der Waals surface area contributed by atoms with Crippen LogP contribution in [0.4, 0.5) is 0 Å². The molecule has 3 aromatic rings. The van der Waals surface area contributed by atoms with Crippen LogP contribution in [0.15, 0.2) is 59.9 Å². The Hall–Kier alpha value is -2.34. The highest BCUT2D eigenvalue weighted by Crippen LogP contribution is 2.26. The van der Waals surface area contributed by atoms with Crippen molar-refractivity contribution in [2.45, 2.75) is 36.6 Å². The lowest BCUT2D eigenvalue weighted by atomic mass is 9.90. The molecular weight excluding hydrogens is 356 g/mol. The first-order valence-corrected chi connectivity index (χ1v) is 10.4. The molecule has 1 amide bonds. The highest BCUT2D eigenvalue weighted by Gasteiger charge is 2.27. The summed E-state index contributed by atoms with van der Waals surface area (Å²) >= 11 is 1.48. The van der Waals surface area contributed by atoms with Gasteiger partial charge in [0, 0.05) is 19.3 Å². The largest absolute Gasteiger partial charge is 0.342 e. The van der Waals surface area contributed by atoms with Gasteiger partial charge in [0.15, 0.2) is 10.8 Å². The number of fused-ring (bicyclic) bond motifs is 1. The van der Waals surface area contributed by atoms with Crippen LogP contribution in [0.1, 0.15) is 25.3 Å². The van der Waals surface area contributed by atoms with E-state index in [1.54, 1.807) is 0 Å². The standard InChI is InChI=1S/C21H24N4OS/c1-16(27-21-23-22-19-9-5-6-12-25(19)21)20(26)24-13-10-18(11-14-24)15-17-7-3-2-4-8-17/h2-9,12,16,18H,10-11,13-15H2,1H3/t16-/m1/s1. The van der Waals surface area contributed by atoms with Gasteiger partial charge in [0.05, 0.1) is 5.25 Å². The first kappa shape index (κ1) is 18.0. The molecule has 0 N–H and O–H groups in total. The van der Waals surface area contributed by atoms with Crippen molar-refractivity contribution < 1.29 is 4.79 Å². The maximum absolute atomic E-state index is 12.9. The van der Waals surface area contributed by atoms with Crippen LogP contribution in [0, 0.1) is 5.92 Å². The Morgan fingerprint density at radius 2 is 1.85 bits per heavy atom. The van der Waals surface area contributed by atoms with Crippen molar-refractivity contribution in [2.24, 2.45) is 5.92 Å². The number of benzene rings is 1. The number of rotatable bonds is 5. The van der Waals surface area contributed by atoms with E-state index in [9.17, 15) is 4.79 Å². The molecule has 27 heavy (non-hydrogen) atoms. The SMILES string of the molecule is C[C@@H](Sc1nnc2ccccn12)C(=O)N1CCC(Cc2ccccc2)CC1. The molecule has 4 rings (SSSR count). The molecular formula is C21H24N4OS. The summed E-state index contributed by atoms with van der Waals surface area (Å²) in [4.78, 5) is 14.9. The first-order chi connectivity index (χ1) is 13.2. The molecule has 1 aliphatic rings. The lowest BCUT2D eigenvalue weighted by Gasteiger charge is -2.33. The van der Waals surface area contributed by atoms with Crippen LogP contribution in [-0.4, -0.2) is 43.7 Å². The molecule has 0 saturated carbocycles. The van der Waals surface area contributed by atoms with Gasteiger partial charge in [0.1, 0.15) is 0 Å². The number of carbonyl (C=O) groups excluding carboxylic acids is 1. The quantitative estimate of drug-likeness (QED) is 0.634. The van der Waals surface area contributed by atoms with Gasteiger partial charge in [0.25, 0.3) is 0 Å². The lowest BCUT2D eigenvalue weighted by Crippen LogP contribution is -2.42. The topological polar surface area (TPSA) is 50.5 Å². The second-order valence-electron chi connectivity index (χ2n) is 7.13. The normalized spacial score (nSPS) is 16.6. The van der Waals surface area contributed by atoms with Gasteiger partial charge in [-0.2, -0.15) is 0 Å². The number of hydrogen-bond acceptors (Lipinski definition) is 4. The maximum atomic E-state index is 12.9. The molecule has 0 unspecified atom stereocenters. The van der Waals surface area contributed by atoms with E-state index < -0.39 is 0 Å². The monoisotopic (exact) mass is 380 g/mol. The van der Waals surface area contributed by atoms with E-state index in [-0.39, 0.29) is 11.2 Å². The van der Waals surface area contributed by atoms with Crippen LogP contribution in [0.5, 0.6) is 0 Å². The van der Waals surface area contributed by atoms with E-state index in [2.05, 4.69) is 40.5 Å². The molecule has 5 nitrogen and oxygen atoms in total. The number of hydrogen-bond donors (Lipinski definition) is 0. The summed E-state index contributed by atoms with van der Waals surface area (Å²) in [5, 5.41) is 8.99. The highest BCUT2D eigenvalue weighted by atomic mass is 32.2. The molecule has 1 aliphatic heterocycles. The number of aromatic nitrogens is 3. The van der Waals surface area contributed by atoms with Gasteiger partial charge in [-0.1, -0.05) is 48.2 Å². The molecule has 1 saturated heterocycles. The average Bonchev–Trinajstić information content (AvgIpc) is 3.12. The van der Waals surface area contributed by atoms with E-state index in [1.807, 2.05) is 40.6 Å². The Bertz CT molecular complexity index is 903. The molecule has 0 aliphatic carbocycles. The molecule has 1 fully saturated rings. The fourth-order valence-corrected chi connectivity index (χ4v) is 4.59. The third-order valence-electron chi connectivity index (χ3n) is 5.21. The van der Waals surface area contributed by atoms with Gasteiger partial charge in [-0.25, -0.2) is 0 Å². The summed E-state index contributed by atoms with van der Waals surface area (Å²) in [6, 6.07) is 16.4. The van der Waals surface area contributed by atoms with Crippen molar-refractivity contribution in [1.82, 2.24) is 19.5 Å². The van der Waals surface area contributed by atoms with Crippen molar-refractivity contribution in [3.8, 4) is 0 Å². The van der Waals surface area contributed by atoms with Crippen LogP contribution < -0.4 is 0 Å². The number of likely N-dealkylation sites (tertiary alicyclic amines) is 1. The summed E-state index contributed by atoms with van der Waals surface area (Å²) in [5.74, 6) is 0.866. The number of amides is 1. The van der Waals surface area contributed by atoms with Crippen LogP contribution in [0.3, 0.4) is 0 Å². The average molecular weight is 381 g/mol. The second kappa shape index (κ2) is 8.13. The van der Waals surface area contributed by atoms with Gasteiger partial charge in [-0.3, -0.25) is 9.20 Å². The molecule has 2 aromatic heterocycles. The van der Waals surface area contributed by atoms with E-state index in [0.29, 0.717) is 5.92 Å². The zero-order valence-corrected chi connectivity index (χ0v) is 16.3. The van der Waals surface area contributed by atoms with Crippen molar-refractivity contribution in [2.75, 3.05) is 13.1 Å². The summed E-state index contributed by atoms with van der Waals surface area (Å²) < 4.78 is 1.93. The first-order valence-electron chi connectivity index (χ1n) is 9.50. The Kier molecular flexibility index (Phi) is 5.43. The molecule has 6 heteroatoms. The van der Waals surface area contributed by atoms with Gasteiger partial charge in [0.2, 0.25) is 5.91 Å². The van der Waals surface area contributed by atoms with Crippen LogP contribution in [0.2, 0.25) is 0 Å². The van der Waals surface area contributed by atoms with Gasteiger partial charge in [-0.05, 0) is 49.8 Å². The van der Waals surface area contributed by atoms with Gasteiger partial charge < -0.3 is 4.90 Å². The Labute approximate surface area is 163 Å². The summed E-state index contributed by atoms with van der Waals surface area (Å²) in [6.45, 7) is 3.66. The zero-order chi connectivity index (χ0) is 18.6. The van der Waals surface area contributed by atoms with Crippen molar-refractivity contribution in [3.63, 3.8) is 0 Å². The van der Waals surface area contributed by atoms with Crippen molar-refractivity contribution >= 4 is 23.3 Å². The second-order valence-corrected chi connectivity index (χ2v) is 8.44. The minimum absolute atomic E-state index is 0.164. The van der Waals surface area contributed by atoms with E-state index >= 15 is 0 Å². The maximum Gasteiger partial charge on any atom is 0.235 e. The lowest BCUT2D eigenvalue weighted by molar-refractivity contribution is -0.131. The number of nitrogens with zero attached hydrogens (tertiary/aromatic N) is 4. The minimum atomic E-state index is -0.164. The van der Waals surface area contributed by atoms with E-state index in [0.717, 1.165) is 43.2 Å². The predicted octanol–water partition coefficient (Wildman–Crippen LogP) is 3.69. The fourth-order valence-electron chi connectivity index (χ4n) is 3.67. The Morgan fingerprint density at radius 3 is 2.63 bits per heavy atom. The number of pyridine rings is 1. The van der Waals surface area contributed by atoms with Crippen LogP contribution in [-0.2, 0) is 11.2 Å². The Morgan fingerprint density at radius 1 is 1.11 bits per heavy atom. The fraction of sp³-hybridized carbons (Fsp3) is 0.381. The molecule has 1 atom stereocenters. The van der Waals surface area contributed by atoms with Crippen LogP contribution in [0.25, 0.3) is 5.65 Å². The van der Waals surface area contributed by atoms with Gasteiger partial charge in [-0.15, -0.1) is 10.2 Å². The highest BCUT2D eigenvalue weighted by molar-refractivity contribution is 8.00. The molecule has 0 bridgehead atoms. The molecule has 140 valence electrons. The smallest absolute Gasteiger partial charge is 0.235 e. The summed E-state index contributed by atoms with van der Waals surface area (Å²) in [5.41, 5.74) is 2.20. The minimum Gasteiger partial charge on any atom is -0.342 e. The zero-order valence-electron chi connectivity index (χ0n) is 15.5. The number of piperidine rings is 1. The van der Waals surface area contributed by atoms with Crippen LogP contribution >= 0.6 is 11.8 Å².